The van der Waals surface area contributed by atoms with Crippen LogP contribution in [0.3, 0.4) is 0 Å². The number of hydrogen-bond acceptors (Lipinski definition) is 7. The van der Waals surface area contributed by atoms with E-state index in [2.05, 4.69) is 36.5 Å². The molecule has 164 valence electrons. The van der Waals surface area contributed by atoms with Crippen molar-refractivity contribution >= 4 is 45.0 Å². The molecule has 0 bridgehead atoms. The average molecular weight is 509 g/mol. The number of ether oxygens (including phenoxy) is 1. The molecule has 0 aliphatic carbocycles. The van der Waals surface area contributed by atoms with Gasteiger partial charge < -0.3 is 15.4 Å². The van der Waals surface area contributed by atoms with Crippen LogP contribution in [0.1, 0.15) is 43.1 Å². The molecule has 0 saturated carbocycles. The van der Waals surface area contributed by atoms with Crippen LogP contribution in [0.4, 0.5) is 4.39 Å². The first-order valence-electron chi connectivity index (χ1n) is 9.69. The number of carbonyl (C=O) groups is 2. The summed E-state index contributed by atoms with van der Waals surface area (Å²) in [5.74, 6) is -0.568. The molecule has 2 heterocycles. The Kier molecular flexibility index (Phi) is 7.55. The summed E-state index contributed by atoms with van der Waals surface area (Å²) in [6.45, 7) is 5.73. The van der Waals surface area contributed by atoms with Gasteiger partial charge in [-0.2, -0.15) is 0 Å². The summed E-state index contributed by atoms with van der Waals surface area (Å²) in [5, 5.41) is 8.21. The third-order valence-electron chi connectivity index (χ3n) is 4.23. The quantitative estimate of drug-likeness (QED) is 0.556. The van der Waals surface area contributed by atoms with E-state index in [4.69, 9.17) is 4.74 Å². The highest BCUT2D eigenvalue weighted by Gasteiger charge is 2.30. The Labute approximate surface area is 191 Å². The first-order chi connectivity index (χ1) is 14.8. The molecule has 31 heavy (non-hydrogen) atoms. The second kappa shape index (κ2) is 10.1. The highest BCUT2D eigenvalue weighted by atomic mass is 79.9. The van der Waals surface area contributed by atoms with Crippen LogP contribution in [0.2, 0.25) is 0 Å². The molecular formula is C21H22BrFN4O3S. The fourth-order valence-electron chi connectivity index (χ4n) is 2.96. The van der Waals surface area contributed by atoms with Crippen LogP contribution in [0, 0.1) is 5.82 Å². The van der Waals surface area contributed by atoms with Crippen LogP contribution in [-0.2, 0) is 20.7 Å². The van der Waals surface area contributed by atoms with E-state index in [-0.39, 0.29) is 25.0 Å². The van der Waals surface area contributed by atoms with Gasteiger partial charge in [-0.25, -0.2) is 14.2 Å². The molecule has 0 spiro atoms. The van der Waals surface area contributed by atoms with Crippen LogP contribution in [0.15, 0.2) is 44.8 Å². The van der Waals surface area contributed by atoms with E-state index in [1.54, 1.807) is 18.4 Å². The van der Waals surface area contributed by atoms with Gasteiger partial charge in [-0.15, -0.1) is 11.3 Å². The van der Waals surface area contributed by atoms with E-state index in [1.807, 2.05) is 13.8 Å². The molecule has 1 atom stereocenters. The number of carbonyl (C=O) groups excluding carboxylic acids is 2. The van der Waals surface area contributed by atoms with Crippen LogP contribution in [0.25, 0.3) is 0 Å². The average Bonchev–Trinajstić information content (AvgIpc) is 3.15. The summed E-state index contributed by atoms with van der Waals surface area (Å²) in [5.41, 5.74) is 1.54. The number of amidine groups is 1. The number of halogens is 2. The van der Waals surface area contributed by atoms with E-state index < -0.39 is 17.8 Å². The molecule has 3 rings (SSSR count). The molecule has 1 unspecified atom stereocenters. The third kappa shape index (κ3) is 5.76. The van der Waals surface area contributed by atoms with E-state index >= 15 is 0 Å². The highest BCUT2D eigenvalue weighted by molar-refractivity contribution is 9.10. The fourth-order valence-corrected chi connectivity index (χ4v) is 4.30. The summed E-state index contributed by atoms with van der Waals surface area (Å²) < 4.78 is 19.2. The number of nitrogens with zero attached hydrogens (tertiary/aromatic N) is 2. The van der Waals surface area contributed by atoms with Crippen molar-refractivity contribution in [2.24, 2.45) is 4.99 Å². The number of rotatable bonds is 7. The molecule has 1 aliphatic heterocycles. The standard InChI is InChI=1S/C21H22BrFN4O3S/c1-4-30-21(29)15-9-24-19(27-18(15)14-6-5-12(23)7-16(14)22)20-26-13(10-31-20)8-17(28)25-11(2)3/h5-7,9-11,18H,4,8H2,1-3H3,(H,24,27)(H,25,28). The molecule has 0 saturated heterocycles. The van der Waals surface area contributed by atoms with Crippen molar-refractivity contribution in [3.63, 3.8) is 0 Å². The Morgan fingerprint density at radius 2 is 2.16 bits per heavy atom. The van der Waals surface area contributed by atoms with E-state index in [0.29, 0.717) is 32.1 Å². The van der Waals surface area contributed by atoms with Crippen molar-refractivity contribution in [3.8, 4) is 0 Å². The van der Waals surface area contributed by atoms with Gasteiger partial charge in [0.05, 0.1) is 24.3 Å². The minimum absolute atomic E-state index is 0.0522. The van der Waals surface area contributed by atoms with Crippen LogP contribution < -0.4 is 10.6 Å². The Morgan fingerprint density at radius 3 is 2.84 bits per heavy atom. The van der Waals surface area contributed by atoms with Gasteiger partial charge >= 0.3 is 5.97 Å². The zero-order chi connectivity index (χ0) is 22.5. The number of thiazole rings is 1. The highest BCUT2D eigenvalue weighted by Crippen LogP contribution is 2.35. The maximum absolute atomic E-state index is 13.6. The molecule has 1 aliphatic rings. The normalized spacial score (nSPS) is 15.7. The third-order valence-corrected chi connectivity index (χ3v) is 5.82. The minimum Gasteiger partial charge on any atom is -0.463 e. The Morgan fingerprint density at radius 1 is 1.39 bits per heavy atom. The van der Waals surface area contributed by atoms with Crippen LogP contribution in [-0.4, -0.2) is 35.3 Å². The van der Waals surface area contributed by atoms with Gasteiger partial charge in [-0.3, -0.25) is 9.79 Å². The number of amides is 1. The number of benzene rings is 1. The Bertz CT molecular complexity index is 1050. The molecule has 2 aromatic rings. The fraction of sp³-hybridized carbons (Fsp3) is 0.333. The molecule has 1 aromatic heterocycles. The molecule has 7 nitrogen and oxygen atoms in total. The number of aliphatic imine (C=N–C) groups is 1. The molecule has 1 amide bonds. The van der Waals surface area contributed by atoms with Gasteiger partial charge in [-0.1, -0.05) is 22.0 Å². The van der Waals surface area contributed by atoms with Gasteiger partial charge in [0, 0.05) is 22.1 Å². The first-order valence-corrected chi connectivity index (χ1v) is 11.4. The minimum atomic E-state index is -0.707. The van der Waals surface area contributed by atoms with Crippen molar-refractivity contribution in [2.75, 3.05) is 6.61 Å². The van der Waals surface area contributed by atoms with Gasteiger partial charge in [0.1, 0.15) is 11.9 Å². The zero-order valence-electron chi connectivity index (χ0n) is 17.2. The van der Waals surface area contributed by atoms with Crippen molar-refractivity contribution in [3.05, 3.63) is 61.9 Å². The predicted molar refractivity (Wildman–Crippen MR) is 120 cm³/mol. The number of esters is 1. The lowest BCUT2D eigenvalue weighted by molar-refractivity contribution is -0.138. The van der Waals surface area contributed by atoms with Gasteiger partial charge in [0.15, 0.2) is 10.8 Å². The van der Waals surface area contributed by atoms with Crippen LogP contribution in [0.5, 0.6) is 0 Å². The SMILES string of the molecule is CCOC(=O)C1=CNC(c2nc(CC(=O)NC(C)C)cs2)=NC1c1ccc(F)cc1Br. The molecular weight excluding hydrogens is 487 g/mol. The summed E-state index contributed by atoms with van der Waals surface area (Å²) in [7, 11) is 0. The molecule has 2 N–H and O–H groups in total. The van der Waals surface area contributed by atoms with Gasteiger partial charge in [0.25, 0.3) is 0 Å². The molecule has 1 aromatic carbocycles. The van der Waals surface area contributed by atoms with Crippen molar-refractivity contribution in [2.45, 2.75) is 39.3 Å². The van der Waals surface area contributed by atoms with Crippen molar-refractivity contribution < 1.29 is 18.7 Å². The monoisotopic (exact) mass is 508 g/mol. The summed E-state index contributed by atoms with van der Waals surface area (Å²) in [6.07, 6.45) is 1.70. The second-order valence-electron chi connectivity index (χ2n) is 7.05. The zero-order valence-corrected chi connectivity index (χ0v) is 19.6. The smallest absolute Gasteiger partial charge is 0.338 e. The van der Waals surface area contributed by atoms with Gasteiger partial charge in [0.2, 0.25) is 5.91 Å². The first kappa shape index (κ1) is 23.1. The molecule has 10 heteroatoms. The maximum atomic E-state index is 13.6. The summed E-state index contributed by atoms with van der Waals surface area (Å²) in [6, 6.07) is 3.56. The summed E-state index contributed by atoms with van der Waals surface area (Å²) in [4.78, 5) is 33.6. The lowest BCUT2D eigenvalue weighted by Crippen LogP contribution is -2.31. The Hall–Kier alpha value is -2.59. The number of aromatic nitrogens is 1. The largest absolute Gasteiger partial charge is 0.463 e. The van der Waals surface area contributed by atoms with Crippen molar-refractivity contribution in [1.29, 1.82) is 0 Å². The lowest BCUT2D eigenvalue weighted by atomic mass is 9.98. The van der Waals surface area contributed by atoms with E-state index in [1.165, 1.54) is 29.7 Å². The summed E-state index contributed by atoms with van der Waals surface area (Å²) >= 11 is 4.70. The second-order valence-corrected chi connectivity index (χ2v) is 8.77. The number of nitrogens with one attached hydrogen (secondary N) is 2. The van der Waals surface area contributed by atoms with Crippen LogP contribution >= 0.6 is 27.3 Å². The maximum Gasteiger partial charge on any atom is 0.338 e. The van der Waals surface area contributed by atoms with E-state index in [0.717, 1.165) is 0 Å². The number of hydrogen-bond donors (Lipinski definition) is 2. The van der Waals surface area contributed by atoms with Gasteiger partial charge in [-0.05, 0) is 38.5 Å². The van der Waals surface area contributed by atoms with Crippen molar-refractivity contribution in [1.82, 2.24) is 15.6 Å². The predicted octanol–water partition coefficient (Wildman–Crippen LogP) is 3.65. The van der Waals surface area contributed by atoms with E-state index in [9.17, 15) is 14.0 Å². The lowest BCUT2D eigenvalue weighted by Gasteiger charge is -2.22. The molecule has 0 fully saturated rings. The molecule has 0 radical (unpaired) electrons. The topological polar surface area (TPSA) is 92.7 Å². The Balaban J connectivity index is 1.90.